The third-order valence-corrected chi connectivity index (χ3v) is 3.47. The molecule has 0 saturated heterocycles. The molecule has 0 aromatic heterocycles. The fourth-order valence-corrected chi connectivity index (χ4v) is 2.38. The van der Waals surface area contributed by atoms with Gasteiger partial charge in [0.2, 0.25) is 0 Å². The van der Waals surface area contributed by atoms with Crippen LogP contribution in [0.4, 0.5) is 0 Å². The molecule has 15 heavy (non-hydrogen) atoms. The third kappa shape index (κ3) is 1.24. The summed E-state index contributed by atoms with van der Waals surface area (Å²) in [6.45, 7) is 3.43. The Bertz CT molecular complexity index is 434. The molecule has 1 aromatic rings. The molecule has 0 amide bonds. The first kappa shape index (κ1) is 10.1. The molecule has 2 nitrogen and oxygen atoms in total. The monoisotopic (exact) mass is 202 g/mol. The lowest BCUT2D eigenvalue weighted by atomic mass is 9.78. The van der Waals surface area contributed by atoms with E-state index in [2.05, 4.69) is 0 Å². The van der Waals surface area contributed by atoms with Gasteiger partial charge in [0, 0.05) is 5.56 Å². The van der Waals surface area contributed by atoms with Gasteiger partial charge < -0.3 is 0 Å². The minimum atomic E-state index is -0.774. The molecule has 0 N–H and O–H groups in total. The second kappa shape index (κ2) is 3.30. The van der Waals surface area contributed by atoms with E-state index in [1.807, 2.05) is 31.2 Å². The molecule has 2 rings (SSSR count). The standard InChI is InChI=1S/C13H14O2/c1-3-13(9(2)14)8-10-6-4-5-7-11(10)12(13)15/h4-7H,3,8H2,1-2H3. The molecule has 1 aliphatic carbocycles. The van der Waals surface area contributed by atoms with Crippen LogP contribution in [0.1, 0.15) is 36.2 Å². The lowest BCUT2D eigenvalue weighted by Gasteiger charge is -2.21. The second-order valence-electron chi connectivity index (χ2n) is 4.15. The van der Waals surface area contributed by atoms with Crippen molar-refractivity contribution in [2.45, 2.75) is 26.7 Å². The summed E-state index contributed by atoms with van der Waals surface area (Å²) in [5.74, 6) is -0.000648. The van der Waals surface area contributed by atoms with E-state index in [-0.39, 0.29) is 11.6 Å². The van der Waals surface area contributed by atoms with E-state index in [9.17, 15) is 9.59 Å². The van der Waals surface area contributed by atoms with Crippen molar-refractivity contribution in [2.24, 2.45) is 5.41 Å². The van der Waals surface area contributed by atoms with E-state index in [0.717, 1.165) is 11.1 Å². The summed E-state index contributed by atoms with van der Waals surface area (Å²) >= 11 is 0. The van der Waals surface area contributed by atoms with Crippen LogP contribution in [0.15, 0.2) is 24.3 Å². The highest BCUT2D eigenvalue weighted by Crippen LogP contribution is 2.40. The van der Waals surface area contributed by atoms with Gasteiger partial charge in [-0.25, -0.2) is 0 Å². The van der Waals surface area contributed by atoms with Crippen LogP contribution in [-0.2, 0) is 11.2 Å². The van der Waals surface area contributed by atoms with Crippen LogP contribution in [0.5, 0.6) is 0 Å². The van der Waals surface area contributed by atoms with Crippen LogP contribution in [-0.4, -0.2) is 11.6 Å². The van der Waals surface area contributed by atoms with Gasteiger partial charge in [-0.2, -0.15) is 0 Å². The van der Waals surface area contributed by atoms with E-state index >= 15 is 0 Å². The summed E-state index contributed by atoms with van der Waals surface area (Å²) < 4.78 is 0. The SMILES string of the molecule is CCC1(C(C)=O)Cc2ccccc2C1=O. The molecule has 1 atom stereocenters. The van der Waals surface area contributed by atoms with Crippen LogP contribution >= 0.6 is 0 Å². The molecule has 0 bridgehead atoms. The number of hydrogen-bond donors (Lipinski definition) is 0. The van der Waals surface area contributed by atoms with E-state index in [0.29, 0.717) is 12.8 Å². The first-order valence-corrected chi connectivity index (χ1v) is 5.25. The summed E-state index contributed by atoms with van der Waals surface area (Å²) in [7, 11) is 0. The predicted octanol–water partition coefficient (Wildman–Crippen LogP) is 2.41. The molecule has 1 unspecified atom stereocenters. The average molecular weight is 202 g/mol. The highest BCUT2D eigenvalue weighted by Gasteiger charge is 2.47. The third-order valence-electron chi connectivity index (χ3n) is 3.47. The quantitative estimate of drug-likeness (QED) is 0.690. The topological polar surface area (TPSA) is 34.1 Å². The first-order chi connectivity index (χ1) is 7.12. The Balaban J connectivity index is 2.54. The number of hydrogen-bond acceptors (Lipinski definition) is 2. The lowest BCUT2D eigenvalue weighted by molar-refractivity contribution is -0.124. The molecule has 2 heteroatoms. The van der Waals surface area contributed by atoms with Crippen LogP contribution in [0.3, 0.4) is 0 Å². The van der Waals surface area contributed by atoms with Crippen LogP contribution in [0.2, 0.25) is 0 Å². The zero-order valence-electron chi connectivity index (χ0n) is 9.04. The van der Waals surface area contributed by atoms with Crippen molar-refractivity contribution in [3.8, 4) is 0 Å². The van der Waals surface area contributed by atoms with Gasteiger partial charge >= 0.3 is 0 Å². The number of carbonyl (C=O) groups excluding carboxylic acids is 2. The highest BCUT2D eigenvalue weighted by atomic mass is 16.2. The largest absolute Gasteiger partial charge is 0.299 e. The number of fused-ring (bicyclic) bond motifs is 1. The fourth-order valence-electron chi connectivity index (χ4n) is 2.38. The Morgan fingerprint density at radius 3 is 2.60 bits per heavy atom. The highest BCUT2D eigenvalue weighted by molar-refractivity contribution is 6.17. The average Bonchev–Trinajstić information content (AvgIpc) is 2.53. The molecule has 0 fully saturated rings. The fraction of sp³-hybridized carbons (Fsp3) is 0.385. The van der Waals surface area contributed by atoms with Gasteiger partial charge in [-0.05, 0) is 25.3 Å². The molecular formula is C13H14O2. The summed E-state index contributed by atoms with van der Waals surface area (Å²) in [6.07, 6.45) is 1.17. The first-order valence-electron chi connectivity index (χ1n) is 5.25. The van der Waals surface area contributed by atoms with Crippen molar-refractivity contribution in [2.75, 3.05) is 0 Å². The molecule has 0 spiro atoms. The van der Waals surface area contributed by atoms with E-state index < -0.39 is 5.41 Å². The van der Waals surface area contributed by atoms with Gasteiger partial charge in [-0.1, -0.05) is 31.2 Å². The molecule has 1 aromatic carbocycles. The summed E-state index contributed by atoms with van der Waals surface area (Å²) in [6, 6.07) is 7.52. The Labute approximate surface area is 89.3 Å². The van der Waals surface area contributed by atoms with Crippen molar-refractivity contribution >= 4 is 11.6 Å². The van der Waals surface area contributed by atoms with Gasteiger partial charge in [-0.3, -0.25) is 9.59 Å². The minimum Gasteiger partial charge on any atom is -0.299 e. The van der Waals surface area contributed by atoms with Crippen molar-refractivity contribution < 1.29 is 9.59 Å². The van der Waals surface area contributed by atoms with Crippen molar-refractivity contribution in [1.82, 2.24) is 0 Å². The number of carbonyl (C=O) groups is 2. The smallest absolute Gasteiger partial charge is 0.176 e. The molecule has 0 saturated carbocycles. The van der Waals surface area contributed by atoms with E-state index in [1.165, 1.54) is 6.92 Å². The van der Waals surface area contributed by atoms with Crippen LogP contribution in [0, 0.1) is 5.41 Å². The number of rotatable bonds is 2. The molecule has 78 valence electrons. The lowest BCUT2D eigenvalue weighted by Crippen LogP contribution is -2.34. The maximum absolute atomic E-state index is 12.2. The Morgan fingerprint density at radius 1 is 1.40 bits per heavy atom. The zero-order valence-corrected chi connectivity index (χ0v) is 9.04. The van der Waals surface area contributed by atoms with Crippen molar-refractivity contribution in [3.05, 3.63) is 35.4 Å². The van der Waals surface area contributed by atoms with Gasteiger partial charge in [0.15, 0.2) is 5.78 Å². The Hall–Kier alpha value is -1.44. The molecular weight excluding hydrogens is 188 g/mol. The number of ketones is 2. The molecule has 1 aliphatic rings. The number of benzene rings is 1. The molecule has 0 aliphatic heterocycles. The van der Waals surface area contributed by atoms with Gasteiger partial charge in [0.05, 0.1) is 5.41 Å². The molecule has 0 heterocycles. The maximum Gasteiger partial charge on any atom is 0.176 e. The van der Waals surface area contributed by atoms with Gasteiger partial charge in [-0.15, -0.1) is 0 Å². The summed E-state index contributed by atoms with van der Waals surface area (Å²) in [4.78, 5) is 23.8. The number of Topliss-reactive ketones (excluding diaryl/α,β-unsaturated/α-hetero) is 2. The zero-order chi connectivity index (χ0) is 11.1. The van der Waals surface area contributed by atoms with Gasteiger partial charge in [0.1, 0.15) is 5.78 Å². The summed E-state index contributed by atoms with van der Waals surface area (Å²) in [5.41, 5.74) is 0.970. The van der Waals surface area contributed by atoms with Gasteiger partial charge in [0.25, 0.3) is 0 Å². The molecule has 0 radical (unpaired) electrons. The minimum absolute atomic E-state index is 0.00750. The van der Waals surface area contributed by atoms with E-state index in [4.69, 9.17) is 0 Å². The van der Waals surface area contributed by atoms with Crippen LogP contribution < -0.4 is 0 Å². The Kier molecular flexibility index (Phi) is 2.22. The van der Waals surface area contributed by atoms with Crippen molar-refractivity contribution in [1.29, 1.82) is 0 Å². The summed E-state index contributed by atoms with van der Waals surface area (Å²) in [5, 5.41) is 0. The second-order valence-corrected chi connectivity index (χ2v) is 4.15. The van der Waals surface area contributed by atoms with Crippen LogP contribution in [0.25, 0.3) is 0 Å². The Morgan fingerprint density at radius 2 is 2.07 bits per heavy atom. The predicted molar refractivity (Wildman–Crippen MR) is 57.9 cm³/mol. The van der Waals surface area contributed by atoms with Crippen molar-refractivity contribution in [3.63, 3.8) is 0 Å². The maximum atomic E-state index is 12.2. The normalized spacial score (nSPS) is 24.0. The van der Waals surface area contributed by atoms with E-state index in [1.54, 1.807) is 0 Å².